The number of hydrogen-bond acceptors (Lipinski definition) is 3. The Balaban J connectivity index is 1.77. The van der Waals surface area contributed by atoms with Crippen molar-refractivity contribution in [1.82, 2.24) is 20.9 Å². The van der Waals surface area contributed by atoms with E-state index in [1.165, 1.54) is 0 Å². The van der Waals surface area contributed by atoms with Crippen molar-refractivity contribution in [3.8, 4) is 0 Å². The number of benzene rings is 1. The van der Waals surface area contributed by atoms with Gasteiger partial charge in [-0.3, -0.25) is 4.79 Å². The van der Waals surface area contributed by atoms with E-state index in [2.05, 4.69) is 16.0 Å². The highest BCUT2D eigenvalue weighted by Gasteiger charge is 2.26. The Morgan fingerprint density at radius 3 is 2.52 bits per heavy atom. The number of fused-ring (bicyclic) bond motifs is 1. The highest BCUT2D eigenvalue weighted by molar-refractivity contribution is 5.75. The predicted octanol–water partition coefficient (Wildman–Crippen LogP) is 2.65. The van der Waals surface area contributed by atoms with Gasteiger partial charge in [-0.15, -0.1) is 0 Å². The number of nitrogens with zero attached hydrogens (tertiary/aromatic N) is 1. The van der Waals surface area contributed by atoms with Gasteiger partial charge in [0.05, 0.1) is 6.42 Å². The predicted molar refractivity (Wildman–Crippen MR) is 111 cm³/mol. The number of urea groups is 2. The van der Waals surface area contributed by atoms with Gasteiger partial charge >= 0.3 is 18.0 Å². The van der Waals surface area contributed by atoms with Gasteiger partial charge in [0.15, 0.2) is 0 Å². The molecule has 0 spiro atoms. The monoisotopic (exact) mass is 404 g/mol. The van der Waals surface area contributed by atoms with E-state index >= 15 is 0 Å². The Morgan fingerprint density at radius 1 is 1.14 bits per heavy atom. The van der Waals surface area contributed by atoms with Gasteiger partial charge in [-0.1, -0.05) is 24.3 Å². The summed E-state index contributed by atoms with van der Waals surface area (Å²) in [6.07, 6.45) is 2.24. The minimum Gasteiger partial charge on any atom is -0.481 e. The first-order valence-corrected chi connectivity index (χ1v) is 10.2. The van der Waals surface area contributed by atoms with Crippen LogP contribution in [0.3, 0.4) is 0 Å². The van der Waals surface area contributed by atoms with Crippen LogP contribution < -0.4 is 16.0 Å². The third-order valence-corrected chi connectivity index (χ3v) is 4.90. The smallest absolute Gasteiger partial charge is 0.317 e. The molecule has 1 unspecified atom stereocenters. The Kier molecular flexibility index (Phi) is 8.76. The second-order valence-corrected chi connectivity index (χ2v) is 7.70. The topological polar surface area (TPSA) is 111 Å². The van der Waals surface area contributed by atoms with E-state index < -0.39 is 5.97 Å². The number of aliphatic carboxylic acids is 1. The number of carbonyl (C=O) groups is 3. The van der Waals surface area contributed by atoms with Crippen LogP contribution in [0.25, 0.3) is 0 Å². The Labute approximate surface area is 172 Å². The highest BCUT2D eigenvalue weighted by atomic mass is 16.4. The number of hydrogen-bond donors (Lipinski definition) is 4. The normalized spacial score (nSPS) is 16.0. The molecule has 1 aliphatic rings. The quantitative estimate of drug-likeness (QED) is 0.499. The number of carbonyl (C=O) groups excluding carboxylic acids is 2. The average molecular weight is 405 g/mol. The first-order valence-electron chi connectivity index (χ1n) is 10.2. The van der Waals surface area contributed by atoms with Crippen LogP contribution in [-0.4, -0.2) is 53.7 Å². The van der Waals surface area contributed by atoms with E-state index in [0.717, 1.165) is 24.0 Å². The van der Waals surface area contributed by atoms with Crippen molar-refractivity contribution in [2.24, 2.45) is 0 Å². The molecular weight excluding hydrogens is 372 g/mol. The van der Waals surface area contributed by atoms with Crippen LogP contribution in [0.5, 0.6) is 0 Å². The van der Waals surface area contributed by atoms with Crippen LogP contribution in [0.1, 0.15) is 56.6 Å². The zero-order valence-corrected chi connectivity index (χ0v) is 17.2. The molecule has 8 heteroatoms. The minimum atomic E-state index is -0.821. The van der Waals surface area contributed by atoms with E-state index in [1.54, 1.807) is 4.90 Å². The lowest BCUT2D eigenvalue weighted by Crippen LogP contribution is -2.41. The standard InChI is InChI=1S/C21H32N4O4/c1-15(2)24-20(28)22-10-5-6-11-23-21(29)25-12-9-16(13-19(26)27)18-8-4-3-7-17(18)14-25/h3-4,7-8,15-16H,5-6,9-14H2,1-2H3,(H,23,29)(H,26,27)(H2,22,24,28). The van der Waals surface area contributed by atoms with Crippen molar-refractivity contribution >= 4 is 18.0 Å². The molecule has 4 amide bonds. The van der Waals surface area contributed by atoms with Gasteiger partial charge in [0.1, 0.15) is 0 Å². The fraction of sp³-hybridized carbons (Fsp3) is 0.571. The molecule has 0 aliphatic carbocycles. The third-order valence-electron chi connectivity index (χ3n) is 4.90. The van der Waals surface area contributed by atoms with E-state index in [9.17, 15) is 19.5 Å². The lowest BCUT2D eigenvalue weighted by atomic mass is 9.90. The van der Waals surface area contributed by atoms with Gasteiger partial charge in [0.2, 0.25) is 0 Å². The van der Waals surface area contributed by atoms with Crippen LogP contribution in [0, 0.1) is 0 Å². The molecule has 0 radical (unpaired) electrons. The molecule has 0 saturated carbocycles. The number of unbranched alkanes of at least 4 members (excludes halogenated alkanes) is 1. The molecule has 1 aromatic rings. The van der Waals surface area contributed by atoms with Gasteiger partial charge in [-0.2, -0.15) is 0 Å². The summed E-state index contributed by atoms with van der Waals surface area (Å²) in [7, 11) is 0. The van der Waals surface area contributed by atoms with Crippen LogP contribution in [0.15, 0.2) is 24.3 Å². The summed E-state index contributed by atoms with van der Waals surface area (Å²) in [6.45, 7) is 5.90. The summed E-state index contributed by atoms with van der Waals surface area (Å²) in [4.78, 5) is 37.0. The maximum Gasteiger partial charge on any atom is 0.317 e. The molecule has 1 aromatic carbocycles. The second kappa shape index (κ2) is 11.3. The second-order valence-electron chi connectivity index (χ2n) is 7.70. The Bertz CT molecular complexity index is 708. The molecule has 0 aromatic heterocycles. The van der Waals surface area contributed by atoms with E-state index in [-0.39, 0.29) is 30.4 Å². The molecule has 0 bridgehead atoms. The summed E-state index contributed by atoms with van der Waals surface area (Å²) in [5.41, 5.74) is 2.03. The minimum absolute atomic E-state index is 0.0733. The molecule has 8 nitrogen and oxygen atoms in total. The SMILES string of the molecule is CC(C)NC(=O)NCCCCNC(=O)N1CCC(CC(=O)O)c2ccccc2C1. The maximum absolute atomic E-state index is 12.6. The number of carboxylic acids is 1. The zero-order chi connectivity index (χ0) is 21.2. The van der Waals surface area contributed by atoms with Crippen molar-refractivity contribution < 1.29 is 19.5 Å². The molecular formula is C21H32N4O4. The lowest BCUT2D eigenvalue weighted by Gasteiger charge is -2.21. The highest BCUT2D eigenvalue weighted by Crippen LogP contribution is 2.31. The van der Waals surface area contributed by atoms with Gasteiger partial charge in [-0.25, -0.2) is 9.59 Å². The van der Waals surface area contributed by atoms with Crippen molar-refractivity contribution in [3.05, 3.63) is 35.4 Å². The zero-order valence-electron chi connectivity index (χ0n) is 17.2. The molecule has 29 heavy (non-hydrogen) atoms. The van der Waals surface area contributed by atoms with E-state index in [1.807, 2.05) is 38.1 Å². The van der Waals surface area contributed by atoms with Crippen molar-refractivity contribution in [3.63, 3.8) is 0 Å². The fourth-order valence-corrected chi connectivity index (χ4v) is 3.50. The molecule has 160 valence electrons. The average Bonchev–Trinajstić information content (AvgIpc) is 2.83. The summed E-state index contributed by atoms with van der Waals surface area (Å²) >= 11 is 0. The number of carboxylic acid groups (broad SMARTS) is 1. The summed E-state index contributed by atoms with van der Waals surface area (Å²) in [5.74, 6) is -0.900. The van der Waals surface area contributed by atoms with E-state index in [0.29, 0.717) is 32.6 Å². The third kappa shape index (κ3) is 7.63. The molecule has 2 rings (SSSR count). The fourth-order valence-electron chi connectivity index (χ4n) is 3.50. The van der Waals surface area contributed by atoms with Crippen LogP contribution in [0.4, 0.5) is 9.59 Å². The van der Waals surface area contributed by atoms with Crippen molar-refractivity contribution in [2.45, 2.75) is 58.0 Å². The van der Waals surface area contributed by atoms with Crippen molar-refractivity contribution in [1.29, 1.82) is 0 Å². The molecule has 1 heterocycles. The first kappa shape index (κ1) is 22.5. The van der Waals surface area contributed by atoms with Crippen LogP contribution in [-0.2, 0) is 11.3 Å². The summed E-state index contributed by atoms with van der Waals surface area (Å²) < 4.78 is 0. The first-order chi connectivity index (χ1) is 13.9. The van der Waals surface area contributed by atoms with Gasteiger partial charge in [0.25, 0.3) is 0 Å². The number of amides is 4. The molecule has 0 saturated heterocycles. The Hall–Kier alpha value is -2.77. The molecule has 1 aliphatic heterocycles. The van der Waals surface area contributed by atoms with Crippen LogP contribution >= 0.6 is 0 Å². The molecule has 1 atom stereocenters. The van der Waals surface area contributed by atoms with Gasteiger partial charge in [-0.05, 0) is 50.2 Å². The van der Waals surface area contributed by atoms with Gasteiger partial charge < -0.3 is 26.0 Å². The summed E-state index contributed by atoms with van der Waals surface area (Å²) in [5, 5.41) is 17.7. The Morgan fingerprint density at radius 2 is 1.83 bits per heavy atom. The summed E-state index contributed by atoms with van der Waals surface area (Å²) in [6, 6.07) is 7.54. The maximum atomic E-state index is 12.6. The van der Waals surface area contributed by atoms with Crippen molar-refractivity contribution in [2.75, 3.05) is 19.6 Å². The lowest BCUT2D eigenvalue weighted by molar-refractivity contribution is -0.137. The number of rotatable bonds is 8. The number of nitrogens with one attached hydrogen (secondary N) is 3. The molecule has 0 fully saturated rings. The van der Waals surface area contributed by atoms with Crippen LogP contribution in [0.2, 0.25) is 0 Å². The van der Waals surface area contributed by atoms with Gasteiger partial charge in [0, 0.05) is 32.2 Å². The molecule has 4 N–H and O–H groups in total. The van der Waals surface area contributed by atoms with E-state index in [4.69, 9.17) is 0 Å². The largest absolute Gasteiger partial charge is 0.481 e.